The zero-order valence-corrected chi connectivity index (χ0v) is 12.1. The predicted octanol–water partition coefficient (Wildman–Crippen LogP) is 3.48. The number of halogens is 1. The SMILES string of the molecule is Cc1cc(Br)ccc1[C@@H]1C(C)(C)[C@@]1(C#N)C(=O)O. The van der Waals surface area contributed by atoms with Gasteiger partial charge in [-0.3, -0.25) is 4.79 Å². The maximum Gasteiger partial charge on any atom is 0.325 e. The smallest absolute Gasteiger partial charge is 0.325 e. The van der Waals surface area contributed by atoms with Crippen molar-refractivity contribution in [3.63, 3.8) is 0 Å². The first kappa shape index (κ1) is 13.1. The van der Waals surface area contributed by atoms with E-state index in [1.54, 1.807) is 0 Å². The van der Waals surface area contributed by atoms with Gasteiger partial charge in [0.25, 0.3) is 0 Å². The number of aryl methyl sites for hydroxylation is 1. The van der Waals surface area contributed by atoms with E-state index in [-0.39, 0.29) is 5.92 Å². The molecule has 94 valence electrons. The lowest BCUT2D eigenvalue weighted by atomic mass is 9.97. The fourth-order valence-corrected chi connectivity index (χ4v) is 3.48. The van der Waals surface area contributed by atoms with Crippen molar-refractivity contribution < 1.29 is 9.90 Å². The highest BCUT2D eigenvalue weighted by Crippen LogP contribution is 2.74. The quantitative estimate of drug-likeness (QED) is 0.910. The molecule has 1 fully saturated rings. The second-order valence-corrected chi connectivity index (χ2v) is 6.30. The third-order valence-corrected chi connectivity index (χ3v) is 4.64. The summed E-state index contributed by atoms with van der Waals surface area (Å²) in [7, 11) is 0. The molecule has 2 atom stereocenters. The number of nitriles is 1. The van der Waals surface area contributed by atoms with Gasteiger partial charge in [0.1, 0.15) is 0 Å². The van der Waals surface area contributed by atoms with E-state index in [4.69, 9.17) is 0 Å². The zero-order valence-electron chi connectivity index (χ0n) is 10.5. The molecule has 0 aliphatic heterocycles. The molecule has 0 spiro atoms. The summed E-state index contributed by atoms with van der Waals surface area (Å²) >= 11 is 3.39. The van der Waals surface area contributed by atoms with E-state index in [2.05, 4.69) is 15.9 Å². The van der Waals surface area contributed by atoms with Crippen molar-refractivity contribution in [2.24, 2.45) is 10.8 Å². The minimum atomic E-state index is -1.30. The van der Waals surface area contributed by atoms with Gasteiger partial charge in [-0.2, -0.15) is 5.26 Å². The van der Waals surface area contributed by atoms with Gasteiger partial charge in [0.05, 0.1) is 6.07 Å². The number of carboxylic acids is 1. The molecule has 1 N–H and O–H groups in total. The van der Waals surface area contributed by atoms with E-state index in [9.17, 15) is 15.2 Å². The first-order chi connectivity index (χ1) is 8.29. The van der Waals surface area contributed by atoms with Crippen LogP contribution in [0.25, 0.3) is 0 Å². The molecule has 1 aromatic rings. The Morgan fingerprint density at radius 2 is 2.11 bits per heavy atom. The van der Waals surface area contributed by atoms with Gasteiger partial charge in [-0.15, -0.1) is 0 Å². The molecule has 0 amide bonds. The van der Waals surface area contributed by atoms with Crippen molar-refractivity contribution in [3.05, 3.63) is 33.8 Å². The fourth-order valence-electron chi connectivity index (χ4n) is 3.00. The average molecular weight is 308 g/mol. The van der Waals surface area contributed by atoms with E-state index in [1.165, 1.54) is 0 Å². The molecule has 3 nitrogen and oxygen atoms in total. The first-order valence-corrected chi connectivity index (χ1v) is 6.49. The predicted molar refractivity (Wildman–Crippen MR) is 71.1 cm³/mol. The maximum atomic E-state index is 11.5. The maximum absolute atomic E-state index is 11.5. The lowest BCUT2D eigenvalue weighted by Gasteiger charge is -2.07. The van der Waals surface area contributed by atoms with Gasteiger partial charge in [-0.05, 0) is 30.2 Å². The molecule has 1 aromatic carbocycles. The average Bonchev–Trinajstić information content (AvgIpc) is 2.76. The van der Waals surface area contributed by atoms with Gasteiger partial charge in [-0.25, -0.2) is 0 Å². The minimum Gasteiger partial charge on any atom is -0.480 e. The monoisotopic (exact) mass is 307 g/mol. The van der Waals surface area contributed by atoms with Crippen molar-refractivity contribution in [2.75, 3.05) is 0 Å². The lowest BCUT2D eigenvalue weighted by molar-refractivity contribution is -0.142. The third-order valence-electron chi connectivity index (χ3n) is 4.14. The van der Waals surface area contributed by atoms with Gasteiger partial charge in [-0.1, -0.05) is 35.8 Å². The Hall–Kier alpha value is -1.34. The standard InChI is InChI=1S/C14H14BrNO2/c1-8-6-9(15)4-5-10(8)11-13(2,3)14(11,7-16)12(17)18/h4-6,11H,1-3H3,(H,17,18)/t11-,14-/m1/s1. The van der Waals surface area contributed by atoms with Crippen LogP contribution in [0.15, 0.2) is 22.7 Å². The summed E-state index contributed by atoms with van der Waals surface area (Å²) in [5.41, 5.74) is 0.130. The summed E-state index contributed by atoms with van der Waals surface area (Å²) < 4.78 is 0.958. The molecule has 0 saturated heterocycles. The van der Waals surface area contributed by atoms with Crippen molar-refractivity contribution in [3.8, 4) is 6.07 Å². The number of nitrogens with zero attached hydrogens (tertiary/aromatic N) is 1. The Morgan fingerprint density at radius 1 is 1.50 bits per heavy atom. The lowest BCUT2D eigenvalue weighted by Crippen LogP contribution is -2.19. The summed E-state index contributed by atoms with van der Waals surface area (Å²) in [6.45, 7) is 5.63. The Balaban J connectivity index is 2.55. The van der Waals surface area contributed by atoms with E-state index in [1.807, 2.05) is 45.0 Å². The van der Waals surface area contributed by atoms with Gasteiger partial charge in [0.2, 0.25) is 0 Å². The van der Waals surface area contributed by atoms with Crippen LogP contribution in [0.1, 0.15) is 30.9 Å². The normalized spacial score (nSPS) is 28.5. The second kappa shape index (κ2) is 3.83. The fraction of sp³-hybridized carbons (Fsp3) is 0.429. The molecule has 1 aliphatic carbocycles. The summed E-state index contributed by atoms with van der Waals surface area (Å²) in [6.07, 6.45) is 0. The zero-order chi connectivity index (χ0) is 13.7. The summed E-state index contributed by atoms with van der Waals surface area (Å²) in [5, 5.41) is 18.7. The van der Waals surface area contributed by atoms with Crippen LogP contribution in [0.4, 0.5) is 0 Å². The largest absolute Gasteiger partial charge is 0.480 e. The second-order valence-electron chi connectivity index (χ2n) is 5.38. The Labute approximate surface area is 115 Å². The molecule has 1 saturated carbocycles. The van der Waals surface area contributed by atoms with E-state index in [0.717, 1.165) is 15.6 Å². The molecule has 18 heavy (non-hydrogen) atoms. The van der Waals surface area contributed by atoms with Crippen LogP contribution in [-0.2, 0) is 4.79 Å². The van der Waals surface area contributed by atoms with Crippen LogP contribution in [0.3, 0.4) is 0 Å². The summed E-state index contributed by atoms with van der Waals surface area (Å²) in [6, 6.07) is 7.77. The van der Waals surface area contributed by atoms with E-state index >= 15 is 0 Å². The topological polar surface area (TPSA) is 61.1 Å². The van der Waals surface area contributed by atoms with Crippen molar-refractivity contribution in [1.29, 1.82) is 5.26 Å². The van der Waals surface area contributed by atoms with Crippen molar-refractivity contribution in [2.45, 2.75) is 26.7 Å². The number of rotatable bonds is 2. The van der Waals surface area contributed by atoms with Crippen LogP contribution in [0.2, 0.25) is 0 Å². The number of carbonyl (C=O) groups is 1. The van der Waals surface area contributed by atoms with Crippen LogP contribution < -0.4 is 0 Å². The minimum absolute atomic E-state index is 0.249. The van der Waals surface area contributed by atoms with Crippen molar-refractivity contribution >= 4 is 21.9 Å². The number of aliphatic carboxylic acids is 1. The molecule has 0 aromatic heterocycles. The molecule has 0 bridgehead atoms. The van der Waals surface area contributed by atoms with Gasteiger partial charge < -0.3 is 5.11 Å². The summed E-state index contributed by atoms with van der Waals surface area (Å²) in [4.78, 5) is 11.5. The molecule has 0 heterocycles. The number of benzene rings is 1. The molecule has 0 unspecified atom stereocenters. The molecular weight excluding hydrogens is 294 g/mol. The van der Waals surface area contributed by atoms with Gasteiger partial charge in [0.15, 0.2) is 5.41 Å². The van der Waals surface area contributed by atoms with Gasteiger partial charge >= 0.3 is 5.97 Å². The summed E-state index contributed by atoms with van der Waals surface area (Å²) in [5.74, 6) is -1.28. The Morgan fingerprint density at radius 3 is 2.50 bits per heavy atom. The molecule has 4 heteroatoms. The first-order valence-electron chi connectivity index (χ1n) is 5.69. The highest BCUT2D eigenvalue weighted by molar-refractivity contribution is 9.10. The molecule has 2 rings (SSSR count). The highest BCUT2D eigenvalue weighted by atomic mass is 79.9. The van der Waals surface area contributed by atoms with E-state index in [0.29, 0.717) is 0 Å². The third kappa shape index (κ3) is 1.44. The Kier molecular flexibility index (Phi) is 2.78. The van der Waals surface area contributed by atoms with Crippen LogP contribution >= 0.6 is 15.9 Å². The van der Waals surface area contributed by atoms with Crippen LogP contribution in [0, 0.1) is 29.1 Å². The molecule has 0 radical (unpaired) electrons. The van der Waals surface area contributed by atoms with Crippen LogP contribution in [-0.4, -0.2) is 11.1 Å². The van der Waals surface area contributed by atoms with Crippen molar-refractivity contribution in [1.82, 2.24) is 0 Å². The van der Waals surface area contributed by atoms with Crippen LogP contribution in [0.5, 0.6) is 0 Å². The molecular formula is C14H14BrNO2. The number of carboxylic acid groups (broad SMARTS) is 1. The molecule has 1 aliphatic rings. The number of hydrogen-bond donors (Lipinski definition) is 1. The van der Waals surface area contributed by atoms with E-state index < -0.39 is 16.8 Å². The van der Waals surface area contributed by atoms with Gasteiger partial charge in [0, 0.05) is 15.8 Å². The highest BCUT2D eigenvalue weighted by Gasteiger charge is 2.77. The Bertz CT molecular complexity index is 574. The number of hydrogen-bond acceptors (Lipinski definition) is 2.